The number of hydrogen-bond acceptors (Lipinski definition) is 5. The van der Waals surface area contributed by atoms with Crippen molar-refractivity contribution in [1.82, 2.24) is 14.9 Å². The number of amides is 1. The summed E-state index contributed by atoms with van der Waals surface area (Å²) in [5.41, 5.74) is 0.419. The number of nitrogens with zero attached hydrogens (tertiary/aromatic N) is 2. The van der Waals surface area contributed by atoms with Gasteiger partial charge >= 0.3 is 5.97 Å². The molecule has 1 aromatic heterocycles. The second-order valence-corrected chi connectivity index (χ2v) is 8.02. The quantitative estimate of drug-likeness (QED) is 0.754. The van der Waals surface area contributed by atoms with Gasteiger partial charge in [-0.15, -0.1) is 0 Å². The van der Waals surface area contributed by atoms with Crippen LogP contribution < -0.4 is 10.9 Å². The fraction of sp³-hybridized carbons (Fsp3) is 0.545. The molecule has 0 saturated heterocycles. The SMILES string of the molecule is C[C@H]1[C@H](C)CCC[C@H]1NC(=O)[C@H](C)OC(=O)CCn1cnc2ccccc2c1=O. The molecule has 3 rings (SSSR count). The van der Waals surface area contributed by atoms with Crippen molar-refractivity contribution in [3.8, 4) is 0 Å². The second-order valence-electron chi connectivity index (χ2n) is 8.02. The molecule has 1 amide bonds. The smallest absolute Gasteiger partial charge is 0.308 e. The molecule has 0 spiro atoms. The Hall–Kier alpha value is -2.70. The van der Waals surface area contributed by atoms with Crippen molar-refractivity contribution in [3.05, 3.63) is 40.9 Å². The Morgan fingerprint density at radius 1 is 1.28 bits per heavy atom. The van der Waals surface area contributed by atoms with E-state index in [0.29, 0.717) is 22.7 Å². The minimum absolute atomic E-state index is 0.00554. The first-order chi connectivity index (χ1) is 13.9. The molecule has 1 heterocycles. The van der Waals surface area contributed by atoms with Crippen LogP contribution >= 0.6 is 0 Å². The monoisotopic (exact) mass is 399 g/mol. The number of aryl methyl sites for hydroxylation is 1. The van der Waals surface area contributed by atoms with Crippen LogP contribution in [0, 0.1) is 11.8 Å². The van der Waals surface area contributed by atoms with Crippen molar-refractivity contribution >= 4 is 22.8 Å². The second kappa shape index (κ2) is 9.20. The molecule has 2 aromatic rings. The van der Waals surface area contributed by atoms with Crippen molar-refractivity contribution in [2.24, 2.45) is 11.8 Å². The van der Waals surface area contributed by atoms with Crippen LogP contribution in [-0.2, 0) is 20.9 Å². The van der Waals surface area contributed by atoms with Crippen LogP contribution in [0.25, 0.3) is 10.9 Å². The summed E-state index contributed by atoms with van der Waals surface area (Å²) >= 11 is 0. The molecule has 1 aliphatic rings. The van der Waals surface area contributed by atoms with Crippen LogP contribution in [0.4, 0.5) is 0 Å². The Morgan fingerprint density at radius 2 is 2.03 bits per heavy atom. The third-order valence-electron chi connectivity index (χ3n) is 6.00. The number of para-hydroxylation sites is 1. The van der Waals surface area contributed by atoms with E-state index < -0.39 is 12.1 Å². The van der Waals surface area contributed by atoms with Crippen LogP contribution in [0.1, 0.15) is 46.5 Å². The number of carbonyl (C=O) groups excluding carboxylic acids is 2. The molecule has 0 bridgehead atoms. The molecule has 156 valence electrons. The molecular formula is C22H29N3O4. The fourth-order valence-corrected chi connectivity index (χ4v) is 3.87. The molecule has 0 radical (unpaired) electrons. The summed E-state index contributed by atoms with van der Waals surface area (Å²) in [7, 11) is 0. The molecule has 7 nitrogen and oxygen atoms in total. The lowest BCUT2D eigenvalue weighted by Crippen LogP contribution is -2.47. The predicted molar refractivity (Wildman–Crippen MR) is 110 cm³/mol. The van der Waals surface area contributed by atoms with Crippen LogP contribution in [-0.4, -0.2) is 33.6 Å². The van der Waals surface area contributed by atoms with Crippen molar-refractivity contribution in [2.45, 2.75) is 65.1 Å². The van der Waals surface area contributed by atoms with Crippen molar-refractivity contribution in [3.63, 3.8) is 0 Å². The minimum atomic E-state index is -0.863. The number of carbonyl (C=O) groups is 2. The average molecular weight is 399 g/mol. The van der Waals surface area contributed by atoms with E-state index in [4.69, 9.17) is 4.74 Å². The van der Waals surface area contributed by atoms with E-state index in [1.807, 2.05) is 6.07 Å². The van der Waals surface area contributed by atoms with Gasteiger partial charge in [-0.05, 0) is 37.3 Å². The first-order valence-corrected chi connectivity index (χ1v) is 10.3. The first kappa shape index (κ1) is 21.0. The van der Waals surface area contributed by atoms with Gasteiger partial charge < -0.3 is 10.1 Å². The summed E-state index contributed by atoms with van der Waals surface area (Å²) in [6.45, 7) is 6.09. The van der Waals surface area contributed by atoms with Crippen molar-refractivity contribution in [2.75, 3.05) is 0 Å². The summed E-state index contributed by atoms with van der Waals surface area (Å²) in [4.78, 5) is 41.3. The zero-order chi connectivity index (χ0) is 21.0. The molecule has 1 saturated carbocycles. The Kier molecular flexibility index (Phi) is 6.67. The van der Waals surface area contributed by atoms with Crippen LogP contribution in [0.15, 0.2) is 35.4 Å². The van der Waals surface area contributed by atoms with Gasteiger partial charge in [-0.3, -0.25) is 19.0 Å². The fourth-order valence-electron chi connectivity index (χ4n) is 3.87. The lowest BCUT2D eigenvalue weighted by molar-refractivity contribution is -0.155. The molecule has 0 unspecified atom stereocenters. The highest BCUT2D eigenvalue weighted by atomic mass is 16.5. The number of rotatable bonds is 6. The van der Waals surface area contributed by atoms with Gasteiger partial charge in [0, 0.05) is 12.6 Å². The molecule has 4 atom stereocenters. The van der Waals surface area contributed by atoms with E-state index in [0.717, 1.165) is 12.8 Å². The van der Waals surface area contributed by atoms with Crippen molar-refractivity contribution < 1.29 is 14.3 Å². The molecular weight excluding hydrogens is 370 g/mol. The highest BCUT2D eigenvalue weighted by molar-refractivity contribution is 5.83. The van der Waals surface area contributed by atoms with E-state index in [2.05, 4.69) is 24.1 Å². The molecule has 7 heteroatoms. The molecule has 1 N–H and O–H groups in total. The summed E-state index contributed by atoms with van der Waals surface area (Å²) in [5.74, 6) is 0.190. The zero-order valence-corrected chi connectivity index (χ0v) is 17.3. The molecule has 1 aliphatic carbocycles. The van der Waals surface area contributed by atoms with Gasteiger partial charge in [-0.2, -0.15) is 0 Å². The number of fused-ring (bicyclic) bond motifs is 1. The number of benzene rings is 1. The molecule has 1 aromatic carbocycles. The minimum Gasteiger partial charge on any atom is -0.452 e. The number of aromatic nitrogens is 2. The number of nitrogens with one attached hydrogen (secondary N) is 1. The summed E-state index contributed by atoms with van der Waals surface area (Å²) < 4.78 is 6.67. The molecule has 1 fully saturated rings. The van der Waals surface area contributed by atoms with E-state index in [9.17, 15) is 14.4 Å². The van der Waals surface area contributed by atoms with Gasteiger partial charge in [-0.25, -0.2) is 4.98 Å². The average Bonchev–Trinajstić information content (AvgIpc) is 2.71. The predicted octanol–water partition coefficient (Wildman–Crippen LogP) is 2.66. The Balaban J connectivity index is 1.52. The lowest BCUT2D eigenvalue weighted by Gasteiger charge is -2.35. The summed E-state index contributed by atoms with van der Waals surface area (Å²) in [5, 5.41) is 3.53. The first-order valence-electron chi connectivity index (χ1n) is 10.3. The summed E-state index contributed by atoms with van der Waals surface area (Å²) in [6, 6.07) is 7.19. The summed E-state index contributed by atoms with van der Waals surface area (Å²) in [6.07, 6.45) is 3.79. The van der Waals surface area contributed by atoms with E-state index in [-0.39, 0.29) is 30.5 Å². The normalized spacial score (nSPS) is 22.8. The van der Waals surface area contributed by atoms with Crippen LogP contribution in [0.3, 0.4) is 0 Å². The largest absolute Gasteiger partial charge is 0.452 e. The third kappa shape index (κ3) is 5.02. The van der Waals surface area contributed by atoms with Gasteiger partial charge in [0.1, 0.15) is 0 Å². The zero-order valence-electron chi connectivity index (χ0n) is 17.3. The highest BCUT2D eigenvalue weighted by Gasteiger charge is 2.30. The van der Waals surface area contributed by atoms with Gasteiger partial charge in [0.25, 0.3) is 11.5 Å². The molecule has 0 aliphatic heterocycles. The van der Waals surface area contributed by atoms with Gasteiger partial charge in [0.15, 0.2) is 6.10 Å². The standard InChI is InChI=1S/C22H29N3O4/c1-14-7-6-10-18(15(14)2)24-21(27)16(3)29-20(26)11-12-25-13-23-19-9-5-4-8-17(19)22(25)28/h4-5,8-9,13-16,18H,6-7,10-12H2,1-3H3,(H,24,27)/t14-,15+,16+,18-/m1/s1. The molecule has 29 heavy (non-hydrogen) atoms. The highest BCUT2D eigenvalue weighted by Crippen LogP contribution is 2.29. The van der Waals surface area contributed by atoms with Crippen LogP contribution in [0.5, 0.6) is 0 Å². The Labute approximate surface area is 170 Å². The van der Waals surface area contributed by atoms with E-state index in [1.165, 1.54) is 17.3 Å². The van der Waals surface area contributed by atoms with Gasteiger partial charge in [0.2, 0.25) is 0 Å². The van der Waals surface area contributed by atoms with E-state index >= 15 is 0 Å². The van der Waals surface area contributed by atoms with Crippen LogP contribution in [0.2, 0.25) is 0 Å². The Bertz CT molecular complexity index is 939. The maximum atomic E-state index is 12.5. The maximum absolute atomic E-state index is 12.5. The number of esters is 1. The lowest BCUT2D eigenvalue weighted by atomic mass is 9.78. The number of hydrogen-bond donors (Lipinski definition) is 1. The maximum Gasteiger partial charge on any atom is 0.308 e. The van der Waals surface area contributed by atoms with Crippen molar-refractivity contribution in [1.29, 1.82) is 0 Å². The third-order valence-corrected chi connectivity index (χ3v) is 6.00. The number of ether oxygens (including phenoxy) is 1. The Morgan fingerprint density at radius 3 is 2.83 bits per heavy atom. The topological polar surface area (TPSA) is 90.3 Å². The van der Waals surface area contributed by atoms with Gasteiger partial charge in [0.05, 0.1) is 23.7 Å². The van der Waals surface area contributed by atoms with Gasteiger partial charge in [-0.1, -0.05) is 38.8 Å². The van der Waals surface area contributed by atoms with E-state index in [1.54, 1.807) is 25.1 Å².